The molecular weight excluding hydrogens is 346 g/mol. The summed E-state index contributed by atoms with van der Waals surface area (Å²) >= 11 is 0. The lowest BCUT2D eigenvalue weighted by Crippen LogP contribution is -2.04. The van der Waals surface area contributed by atoms with Crippen LogP contribution in [0.15, 0.2) is 35.5 Å². The van der Waals surface area contributed by atoms with E-state index in [4.69, 9.17) is 5.14 Å². The highest BCUT2D eigenvalue weighted by Gasteiger charge is 2.15. The van der Waals surface area contributed by atoms with Crippen LogP contribution in [0.3, 0.4) is 0 Å². The lowest BCUT2D eigenvalue weighted by Gasteiger charge is -2.07. The normalized spacial score (nSPS) is 12.4. The molecule has 0 aliphatic rings. The van der Waals surface area contributed by atoms with E-state index in [-0.39, 0.29) is 0 Å². The predicted octanol–water partition coefficient (Wildman–Crippen LogP) is 3.91. The van der Waals surface area contributed by atoms with E-state index in [0.29, 0.717) is 4.90 Å². The second-order valence-electron chi connectivity index (χ2n) is 6.38. The second kappa shape index (κ2) is 8.42. The Balaban J connectivity index is 1.88. The number of aryl methyl sites for hydroxylation is 1. The SMILES string of the molecule is CCCCCCNc1ncnc2[nH]c(-c3ccc(S(N)=O)cc3)c(C)c12. The Morgan fingerprint density at radius 3 is 2.62 bits per heavy atom. The first-order valence-corrected chi connectivity index (χ1v) is 10.2. The van der Waals surface area contributed by atoms with Crippen molar-refractivity contribution in [1.29, 1.82) is 0 Å². The number of benzene rings is 1. The smallest absolute Gasteiger partial charge is 0.143 e. The van der Waals surface area contributed by atoms with Crippen LogP contribution in [0.4, 0.5) is 5.82 Å². The van der Waals surface area contributed by atoms with Crippen molar-refractivity contribution < 1.29 is 4.21 Å². The fourth-order valence-electron chi connectivity index (χ4n) is 3.11. The molecule has 6 nitrogen and oxygen atoms in total. The van der Waals surface area contributed by atoms with Crippen LogP contribution < -0.4 is 10.5 Å². The van der Waals surface area contributed by atoms with Crippen LogP contribution in [0.2, 0.25) is 0 Å². The van der Waals surface area contributed by atoms with Crippen molar-refractivity contribution in [2.75, 3.05) is 11.9 Å². The summed E-state index contributed by atoms with van der Waals surface area (Å²) in [4.78, 5) is 12.8. The summed E-state index contributed by atoms with van der Waals surface area (Å²) in [7, 11) is -1.47. The largest absolute Gasteiger partial charge is 0.369 e. The van der Waals surface area contributed by atoms with Gasteiger partial charge in [-0.15, -0.1) is 0 Å². The highest BCUT2D eigenvalue weighted by atomic mass is 32.2. The van der Waals surface area contributed by atoms with Gasteiger partial charge in [0.15, 0.2) is 0 Å². The lowest BCUT2D eigenvalue weighted by atomic mass is 10.1. The van der Waals surface area contributed by atoms with Crippen molar-refractivity contribution >= 4 is 27.8 Å². The van der Waals surface area contributed by atoms with E-state index in [1.807, 2.05) is 12.1 Å². The third-order valence-electron chi connectivity index (χ3n) is 4.54. The van der Waals surface area contributed by atoms with Gasteiger partial charge in [-0.2, -0.15) is 0 Å². The standard InChI is InChI=1S/C19H25N5OS/c1-3-4-5-6-11-21-18-16-13(2)17(24-19(16)23-12-22-18)14-7-9-15(10-8-14)26(20)25/h7-10,12H,3-6,11,20H2,1-2H3,(H2,21,22,23,24). The van der Waals surface area contributed by atoms with E-state index in [2.05, 4.69) is 34.1 Å². The molecule has 1 aromatic carbocycles. The summed E-state index contributed by atoms with van der Waals surface area (Å²) in [5, 5.41) is 9.89. The van der Waals surface area contributed by atoms with Crippen molar-refractivity contribution in [2.45, 2.75) is 44.4 Å². The number of hydrogen-bond donors (Lipinski definition) is 3. The van der Waals surface area contributed by atoms with Crippen LogP contribution in [0.1, 0.15) is 38.2 Å². The molecule has 1 atom stereocenters. The van der Waals surface area contributed by atoms with Crippen LogP contribution in [0.5, 0.6) is 0 Å². The Bertz CT molecular complexity index is 904. The van der Waals surface area contributed by atoms with Crippen molar-refractivity contribution in [3.63, 3.8) is 0 Å². The number of nitrogens with two attached hydrogens (primary N) is 1. The minimum atomic E-state index is -1.47. The number of aromatic amines is 1. The van der Waals surface area contributed by atoms with Crippen molar-refractivity contribution in [1.82, 2.24) is 15.0 Å². The van der Waals surface area contributed by atoms with Gasteiger partial charge in [0.1, 0.15) is 28.8 Å². The summed E-state index contributed by atoms with van der Waals surface area (Å²) in [5.41, 5.74) is 3.90. The van der Waals surface area contributed by atoms with Gasteiger partial charge in [-0.05, 0) is 36.6 Å². The average Bonchev–Trinajstić information content (AvgIpc) is 2.99. The summed E-state index contributed by atoms with van der Waals surface area (Å²) in [6, 6.07) is 7.41. The van der Waals surface area contributed by atoms with E-state index in [9.17, 15) is 4.21 Å². The van der Waals surface area contributed by atoms with E-state index in [0.717, 1.165) is 46.6 Å². The zero-order valence-electron chi connectivity index (χ0n) is 15.2. The van der Waals surface area contributed by atoms with Crippen LogP contribution >= 0.6 is 0 Å². The third-order valence-corrected chi connectivity index (χ3v) is 5.28. The quantitative estimate of drug-likeness (QED) is 0.523. The Morgan fingerprint density at radius 2 is 1.92 bits per heavy atom. The number of aromatic nitrogens is 3. The molecule has 0 spiro atoms. The Hall–Kier alpha value is -2.25. The first kappa shape index (κ1) is 18.5. The summed E-state index contributed by atoms with van der Waals surface area (Å²) in [5.74, 6) is 0.867. The molecule has 7 heteroatoms. The maximum atomic E-state index is 11.4. The lowest BCUT2D eigenvalue weighted by molar-refractivity contribution is 0.684. The maximum Gasteiger partial charge on any atom is 0.143 e. The molecule has 0 fully saturated rings. The van der Waals surface area contributed by atoms with E-state index in [1.165, 1.54) is 19.3 Å². The van der Waals surface area contributed by atoms with Crippen LogP contribution in [-0.4, -0.2) is 25.7 Å². The molecule has 2 aromatic heterocycles. The van der Waals surface area contributed by atoms with Crippen molar-refractivity contribution in [3.05, 3.63) is 36.2 Å². The summed E-state index contributed by atoms with van der Waals surface area (Å²) in [6.45, 7) is 5.18. The van der Waals surface area contributed by atoms with Crippen molar-refractivity contribution in [2.24, 2.45) is 5.14 Å². The number of H-pyrrole nitrogens is 1. The molecular formula is C19H25N5OS. The molecule has 0 saturated carbocycles. The van der Waals surface area contributed by atoms with Gasteiger partial charge in [-0.1, -0.05) is 38.3 Å². The molecule has 0 amide bonds. The first-order valence-electron chi connectivity index (χ1n) is 8.95. The van der Waals surface area contributed by atoms with Gasteiger partial charge in [-0.25, -0.2) is 19.3 Å². The highest BCUT2D eigenvalue weighted by Crippen LogP contribution is 2.32. The molecule has 0 aliphatic heterocycles. The third kappa shape index (κ3) is 3.94. The summed E-state index contributed by atoms with van der Waals surface area (Å²) in [6.07, 6.45) is 6.43. The van der Waals surface area contributed by atoms with Crippen LogP contribution in [0.25, 0.3) is 22.3 Å². The van der Waals surface area contributed by atoms with E-state index in [1.54, 1.807) is 18.5 Å². The van der Waals surface area contributed by atoms with Gasteiger partial charge >= 0.3 is 0 Å². The zero-order valence-corrected chi connectivity index (χ0v) is 16.0. The average molecular weight is 372 g/mol. The van der Waals surface area contributed by atoms with Gasteiger partial charge in [0.25, 0.3) is 0 Å². The van der Waals surface area contributed by atoms with Crippen LogP contribution in [-0.2, 0) is 11.0 Å². The number of anilines is 1. The maximum absolute atomic E-state index is 11.4. The molecule has 26 heavy (non-hydrogen) atoms. The number of hydrogen-bond acceptors (Lipinski definition) is 4. The van der Waals surface area contributed by atoms with Gasteiger partial charge < -0.3 is 10.3 Å². The zero-order chi connectivity index (χ0) is 18.5. The molecule has 0 aliphatic carbocycles. The monoisotopic (exact) mass is 371 g/mol. The highest BCUT2D eigenvalue weighted by molar-refractivity contribution is 7.82. The molecule has 0 saturated heterocycles. The molecule has 3 rings (SSSR count). The predicted molar refractivity (Wildman–Crippen MR) is 107 cm³/mol. The molecule has 4 N–H and O–H groups in total. The second-order valence-corrected chi connectivity index (χ2v) is 7.45. The molecule has 0 radical (unpaired) electrons. The molecule has 138 valence electrons. The van der Waals surface area contributed by atoms with Crippen molar-refractivity contribution in [3.8, 4) is 11.3 Å². The van der Waals surface area contributed by atoms with E-state index < -0.39 is 11.0 Å². The van der Waals surface area contributed by atoms with Crippen LogP contribution in [0, 0.1) is 6.92 Å². The fourth-order valence-corrected chi connectivity index (χ4v) is 3.51. The Labute approximate surface area is 156 Å². The van der Waals surface area contributed by atoms with Gasteiger partial charge in [0.2, 0.25) is 0 Å². The number of fused-ring (bicyclic) bond motifs is 1. The minimum Gasteiger partial charge on any atom is -0.369 e. The summed E-state index contributed by atoms with van der Waals surface area (Å²) < 4.78 is 11.4. The van der Waals surface area contributed by atoms with Gasteiger partial charge in [0.05, 0.1) is 16.0 Å². The molecule has 3 aromatic rings. The fraction of sp³-hybridized carbons (Fsp3) is 0.368. The number of unbranched alkanes of at least 4 members (excludes halogenated alkanes) is 3. The Kier molecular flexibility index (Phi) is 6.00. The van der Waals surface area contributed by atoms with Gasteiger partial charge in [0, 0.05) is 6.54 Å². The molecule has 2 heterocycles. The molecule has 0 bridgehead atoms. The first-order chi connectivity index (χ1) is 12.6. The Morgan fingerprint density at radius 1 is 1.15 bits per heavy atom. The topological polar surface area (TPSA) is 96.7 Å². The number of nitrogens with zero attached hydrogens (tertiary/aromatic N) is 2. The van der Waals surface area contributed by atoms with Gasteiger partial charge in [-0.3, -0.25) is 0 Å². The number of nitrogens with one attached hydrogen (secondary N) is 2. The van der Waals surface area contributed by atoms with E-state index >= 15 is 0 Å². The molecule has 1 unspecified atom stereocenters. The number of rotatable bonds is 8. The minimum absolute atomic E-state index is 0.608.